The summed E-state index contributed by atoms with van der Waals surface area (Å²) in [5, 5.41) is 5.19. The first-order chi connectivity index (χ1) is 10.2. The molecule has 1 fully saturated rings. The van der Waals surface area contributed by atoms with Gasteiger partial charge in [-0.3, -0.25) is 4.21 Å². The molecule has 1 atom stereocenters. The molecule has 1 heterocycles. The highest BCUT2D eigenvalue weighted by molar-refractivity contribution is 7.79. The summed E-state index contributed by atoms with van der Waals surface area (Å²) < 4.78 is 31.4. The lowest BCUT2D eigenvalue weighted by Crippen LogP contribution is -2.87. The van der Waals surface area contributed by atoms with Gasteiger partial charge in [-0.25, -0.2) is 0 Å². The van der Waals surface area contributed by atoms with E-state index in [4.69, 9.17) is 15.9 Å². The first-order valence-electron chi connectivity index (χ1n) is 6.53. The average Bonchev–Trinajstić information content (AvgIpc) is 2.54. The Kier molecular flexibility index (Phi) is 8.47. The molecule has 0 saturated carbocycles. The highest BCUT2D eigenvalue weighted by Crippen LogP contribution is 2.26. The van der Waals surface area contributed by atoms with Gasteiger partial charge in [0.15, 0.2) is 0 Å². The van der Waals surface area contributed by atoms with Crippen molar-refractivity contribution < 1.29 is 23.6 Å². The largest absolute Gasteiger partial charge is 0.768 e. The Balaban J connectivity index is 0.000000304. The van der Waals surface area contributed by atoms with Crippen LogP contribution in [0.5, 0.6) is 5.75 Å². The number of benzene rings is 1. The van der Waals surface area contributed by atoms with Gasteiger partial charge in [-0.05, 0) is 29.3 Å². The molecule has 1 aliphatic rings. The molecule has 1 aromatic rings. The van der Waals surface area contributed by atoms with E-state index in [1.54, 1.807) is 6.07 Å². The predicted molar refractivity (Wildman–Crippen MR) is 80.0 cm³/mol. The zero-order valence-electron chi connectivity index (χ0n) is 12.0. The van der Waals surface area contributed by atoms with E-state index in [9.17, 15) is 8.76 Å². The maximum absolute atomic E-state index is 10.7. The second kappa shape index (κ2) is 10.2. The molecular weight excluding hydrogens is 292 g/mol. The third-order valence-corrected chi connectivity index (χ3v) is 3.32. The fourth-order valence-corrected chi connectivity index (χ4v) is 2.03. The van der Waals surface area contributed by atoms with Gasteiger partial charge in [-0.1, -0.05) is 5.92 Å². The smallest absolute Gasteiger partial charge is 0.143 e. The van der Waals surface area contributed by atoms with Gasteiger partial charge in [0.25, 0.3) is 0 Å². The third-order valence-electron chi connectivity index (χ3n) is 2.68. The number of morpholine rings is 1. The molecule has 2 rings (SSSR count). The number of hydrogen-bond donors (Lipinski definition) is 2. The normalized spacial score (nSPS) is 15.1. The van der Waals surface area contributed by atoms with Crippen molar-refractivity contribution in [1.29, 1.82) is 0 Å². The molecule has 1 aliphatic heterocycles. The molecular formula is C14H20N2O4S. The third kappa shape index (κ3) is 6.60. The Hall–Kier alpha value is -1.59. The Morgan fingerprint density at radius 1 is 1.52 bits per heavy atom. The number of rotatable bonds is 4. The van der Waals surface area contributed by atoms with Crippen LogP contribution in [-0.4, -0.2) is 48.7 Å². The summed E-state index contributed by atoms with van der Waals surface area (Å²) in [5.74, 6) is 2.87. The number of nitrogens with one attached hydrogen (secondary N) is 1. The minimum Gasteiger partial charge on any atom is -0.768 e. The second-order valence-corrected chi connectivity index (χ2v) is 5.07. The number of methoxy groups -OCH3 is 1. The molecule has 3 N–H and O–H groups in total. The molecule has 7 heteroatoms. The van der Waals surface area contributed by atoms with E-state index in [-0.39, 0.29) is 4.90 Å². The van der Waals surface area contributed by atoms with Gasteiger partial charge < -0.3 is 24.7 Å². The monoisotopic (exact) mass is 312 g/mol. The molecule has 0 bridgehead atoms. The Labute approximate surface area is 127 Å². The van der Waals surface area contributed by atoms with Crippen LogP contribution in [-0.2, 0) is 15.8 Å². The minimum absolute atomic E-state index is 0.179. The maximum Gasteiger partial charge on any atom is 0.143 e. The van der Waals surface area contributed by atoms with Crippen LogP contribution in [0.3, 0.4) is 0 Å². The lowest BCUT2D eigenvalue weighted by molar-refractivity contribution is -0.670. The zero-order chi connectivity index (χ0) is 15.5. The average molecular weight is 312 g/mol. The van der Waals surface area contributed by atoms with Gasteiger partial charge in [0.2, 0.25) is 0 Å². The van der Waals surface area contributed by atoms with Crippen LogP contribution in [0.1, 0.15) is 0 Å². The zero-order valence-corrected chi connectivity index (χ0v) is 12.8. The molecule has 1 unspecified atom stereocenters. The molecule has 1 aromatic carbocycles. The van der Waals surface area contributed by atoms with Crippen LogP contribution in [0.2, 0.25) is 0 Å². The summed E-state index contributed by atoms with van der Waals surface area (Å²) in [6.45, 7) is 4.55. The van der Waals surface area contributed by atoms with E-state index >= 15 is 0 Å². The van der Waals surface area contributed by atoms with Crippen LogP contribution in [0.4, 0.5) is 5.69 Å². The van der Waals surface area contributed by atoms with E-state index in [1.165, 1.54) is 19.2 Å². The van der Waals surface area contributed by atoms with Gasteiger partial charge in [0, 0.05) is 4.90 Å². The van der Waals surface area contributed by atoms with E-state index in [0.29, 0.717) is 18.0 Å². The molecule has 0 spiro atoms. The quantitative estimate of drug-likeness (QED) is 0.581. The molecule has 0 amide bonds. The highest BCUT2D eigenvalue weighted by Gasteiger charge is 2.03. The van der Waals surface area contributed by atoms with Crippen LogP contribution in [0.15, 0.2) is 23.1 Å². The molecule has 6 nitrogen and oxygen atoms in total. The number of ether oxygens (including phenoxy) is 2. The lowest BCUT2D eigenvalue weighted by Gasteiger charge is -2.12. The highest BCUT2D eigenvalue weighted by atomic mass is 32.2. The van der Waals surface area contributed by atoms with Gasteiger partial charge in [0.1, 0.15) is 5.75 Å². The Bertz CT molecular complexity index is 487. The summed E-state index contributed by atoms with van der Waals surface area (Å²) in [4.78, 5) is 0.179. The van der Waals surface area contributed by atoms with Crippen molar-refractivity contribution in [3.8, 4) is 18.1 Å². The Morgan fingerprint density at radius 3 is 2.67 bits per heavy atom. The van der Waals surface area contributed by atoms with E-state index in [0.717, 1.165) is 26.3 Å². The van der Waals surface area contributed by atoms with Crippen molar-refractivity contribution >= 4 is 16.8 Å². The number of hydrogen-bond acceptors (Lipinski definition) is 5. The molecule has 0 aromatic heterocycles. The van der Waals surface area contributed by atoms with Crippen LogP contribution >= 0.6 is 0 Å². The summed E-state index contributed by atoms with van der Waals surface area (Å²) in [6, 6.07) is 4.52. The first-order valence-corrected chi connectivity index (χ1v) is 7.60. The van der Waals surface area contributed by atoms with Crippen molar-refractivity contribution in [2.24, 2.45) is 0 Å². The summed E-state index contributed by atoms with van der Waals surface area (Å²) in [5.41, 5.74) is 0.671. The predicted octanol–water partition coefficient (Wildman–Crippen LogP) is -0.442. The van der Waals surface area contributed by atoms with Crippen molar-refractivity contribution in [1.82, 2.24) is 0 Å². The standard InChI is InChI=1S/C10H11NO3S.C4H9NO/c1-3-6-11-9-5-4-8(15(12)13)7-10(9)14-2;1-3-6-4-2-5-1/h1,4-5,7,11H,6H2,2H3,(H,12,13);5H,1-4H2. The van der Waals surface area contributed by atoms with Gasteiger partial charge in [-0.15, -0.1) is 6.42 Å². The van der Waals surface area contributed by atoms with Crippen molar-refractivity contribution in [3.63, 3.8) is 0 Å². The van der Waals surface area contributed by atoms with Gasteiger partial charge in [-0.2, -0.15) is 0 Å². The van der Waals surface area contributed by atoms with Gasteiger partial charge >= 0.3 is 0 Å². The number of quaternary nitrogens is 1. The first kappa shape index (κ1) is 17.5. The minimum atomic E-state index is -2.25. The fraction of sp³-hybridized carbons (Fsp3) is 0.429. The van der Waals surface area contributed by atoms with E-state index in [2.05, 4.69) is 16.6 Å². The molecule has 116 valence electrons. The SMILES string of the molecule is C#CCNc1ccc(S(=O)[O-])cc1OC.C1COCC[NH2+]1. The van der Waals surface area contributed by atoms with Crippen molar-refractivity contribution in [2.45, 2.75) is 4.90 Å². The molecule has 0 aliphatic carbocycles. The molecule has 1 saturated heterocycles. The fourth-order valence-electron chi connectivity index (χ4n) is 1.65. The van der Waals surface area contributed by atoms with Crippen LogP contribution in [0.25, 0.3) is 0 Å². The van der Waals surface area contributed by atoms with Crippen molar-refractivity contribution in [3.05, 3.63) is 18.2 Å². The number of anilines is 1. The number of nitrogens with two attached hydrogens (primary N) is 1. The maximum atomic E-state index is 10.7. The summed E-state index contributed by atoms with van der Waals surface area (Å²) in [7, 11) is 1.47. The lowest BCUT2D eigenvalue weighted by atomic mass is 10.3. The summed E-state index contributed by atoms with van der Waals surface area (Å²) >= 11 is -2.25. The van der Waals surface area contributed by atoms with Gasteiger partial charge in [0.05, 0.1) is 45.6 Å². The Morgan fingerprint density at radius 2 is 2.24 bits per heavy atom. The topological polar surface area (TPSA) is 87.2 Å². The van der Waals surface area contributed by atoms with E-state index in [1.807, 2.05) is 0 Å². The van der Waals surface area contributed by atoms with Crippen LogP contribution in [0, 0.1) is 12.3 Å². The molecule has 0 radical (unpaired) electrons. The van der Waals surface area contributed by atoms with E-state index < -0.39 is 11.1 Å². The van der Waals surface area contributed by atoms with Crippen molar-refractivity contribution in [2.75, 3.05) is 45.3 Å². The van der Waals surface area contributed by atoms with Crippen LogP contribution < -0.4 is 15.4 Å². The number of terminal acetylenes is 1. The molecule has 21 heavy (non-hydrogen) atoms. The second-order valence-electron chi connectivity index (χ2n) is 4.13. The summed E-state index contributed by atoms with van der Waals surface area (Å²) in [6.07, 6.45) is 5.09.